The monoisotopic (exact) mass is 231 g/mol. The lowest BCUT2D eigenvalue weighted by Crippen LogP contribution is -2.05. The molecule has 0 fully saturated rings. The number of benzene rings is 1. The van der Waals surface area contributed by atoms with Gasteiger partial charge in [-0.3, -0.25) is 0 Å². The van der Waals surface area contributed by atoms with E-state index in [4.69, 9.17) is 0 Å². The van der Waals surface area contributed by atoms with Gasteiger partial charge in [0, 0.05) is 0 Å². The molecule has 0 nitrogen and oxygen atoms in total. The highest BCUT2D eigenvalue weighted by molar-refractivity contribution is 5.43. The van der Waals surface area contributed by atoms with Gasteiger partial charge < -0.3 is 0 Å². The first-order chi connectivity index (χ1) is 7.88. The molecular formula is C17H27. The van der Waals surface area contributed by atoms with Crippen molar-refractivity contribution in [3.63, 3.8) is 0 Å². The molecule has 95 valence electrons. The molecule has 0 heterocycles. The Hall–Kier alpha value is -0.780. The van der Waals surface area contributed by atoms with Crippen molar-refractivity contribution in [2.24, 2.45) is 0 Å². The summed E-state index contributed by atoms with van der Waals surface area (Å²) in [6.07, 6.45) is 0.902. The molecule has 1 aromatic rings. The van der Waals surface area contributed by atoms with E-state index in [-0.39, 0.29) is 0 Å². The van der Waals surface area contributed by atoms with Crippen molar-refractivity contribution in [3.05, 3.63) is 41.3 Å². The fraction of sp³-hybridized carbons (Fsp3) is 0.588. The molecule has 0 unspecified atom stereocenters. The van der Waals surface area contributed by atoms with Crippen LogP contribution in [0.15, 0.2) is 12.1 Å². The summed E-state index contributed by atoms with van der Waals surface area (Å²) in [6, 6.07) is 4.78. The molecule has 1 rings (SSSR count). The first-order valence-corrected chi connectivity index (χ1v) is 6.84. The van der Waals surface area contributed by atoms with Gasteiger partial charge in [0.15, 0.2) is 0 Å². The fourth-order valence-electron chi connectivity index (χ4n) is 2.39. The molecule has 0 N–H and O–H groups in total. The molecule has 0 aliphatic carbocycles. The molecule has 0 amide bonds. The summed E-state index contributed by atoms with van der Waals surface area (Å²) in [6.45, 7) is 17.8. The first kappa shape index (κ1) is 14.3. The van der Waals surface area contributed by atoms with Crippen LogP contribution in [0.25, 0.3) is 0 Å². The van der Waals surface area contributed by atoms with E-state index in [9.17, 15) is 0 Å². The second-order valence-corrected chi connectivity index (χ2v) is 5.89. The van der Waals surface area contributed by atoms with Crippen LogP contribution in [0.3, 0.4) is 0 Å². The van der Waals surface area contributed by atoms with Crippen molar-refractivity contribution in [2.75, 3.05) is 0 Å². The van der Waals surface area contributed by atoms with Crippen LogP contribution in [-0.2, 0) is 6.42 Å². The van der Waals surface area contributed by atoms with E-state index in [1.807, 2.05) is 0 Å². The molecule has 1 radical (unpaired) electrons. The minimum atomic E-state index is 0.586. The summed E-state index contributed by atoms with van der Waals surface area (Å²) in [5.41, 5.74) is 5.93. The number of rotatable bonds is 4. The normalized spacial score (nSPS) is 11.9. The molecule has 0 saturated carbocycles. The minimum absolute atomic E-state index is 0.586. The van der Waals surface area contributed by atoms with Crippen LogP contribution in [0.2, 0.25) is 0 Å². The van der Waals surface area contributed by atoms with Gasteiger partial charge in [0.2, 0.25) is 0 Å². The lowest BCUT2D eigenvalue weighted by atomic mass is 9.83. The van der Waals surface area contributed by atoms with Gasteiger partial charge in [0.25, 0.3) is 0 Å². The maximum Gasteiger partial charge on any atom is -0.0216 e. The van der Waals surface area contributed by atoms with Crippen molar-refractivity contribution in [3.8, 4) is 0 Å². The quantitative estimate of drug-likeness (QED) is 0.648. The van der Waals surface area contributed by atoms with E-state index >= 15 is 0 Å². The maximum atomic E-state index is 4.12. The smallest absolute Gasteiger partial charge is 0.0216 e. The van der Waals surface area contributed by atoms with E-state index in [0.29, 0.717) is 17.8 Å². The zero-order chi connectivity index (χ0) is 13.2. The van der Waals surface area contributed by atoms with Crippen LogP contribution in [0.1, 0.15) is 81.5 Å². The lowest BCUT2D eigenvalue weighted by molar-refractivity contribution is 0.784. The molecule has 0 bridgehead atoms. The van der Waals surface area contributed by atoms with E-state index in [1.165, 1.54) is 22.3 Å². The average Bonchev–Trinajstić information content (AvgIpc) is 2.26. The predicted octanol–water partition coefficient (Wildman–Crippen LogP) is 5.43. The van der Waals surface area contributed by atoms with Gasteiger partial charge in [-0.05, 0) is 53.4 Å². The molecule has 0 atom stereocenters. The van der Waals surface area contributed by atoms with E-state index in [0.717, 1.165) is 6.42 Å². The molecular weight excluding hydrogens is 204 g/mol. The van der Waals surface area contributed by atoms with Crippen molar-refractivity contribution >= 4 is 0 Å². The molecule has 0 saturated heterocycles. The molecule has 1 aromatic carbocycles. The van der Waals surface area contributed by atoms with E-state index < -0.39 is 0 Å². The highest BCUT2D eigenvalue weighted by atomic mass is 14.2. The fourth-order valence-corrected chi connectivity index (χ4v) is 2.39. The SMILES string of the molecule is [CH2]Cc1c(C(C)C)cc(C(C)C)cc1C(C)C. The Morgan fingerprint density at radius 3 is 1.47 bits per heavy atom. The Labute approximate surface area is 107 Å². The summed E-state index contributed by atoms with van der Waals surface area (Å²) in [5, 5.41) is 0. The van der Waals surface area contributed by atoms with Gasteiger partial charge in [-0.1, -0.05) is 53.7 Å². The average molecular weight is 231 g/mol. The van der Waals surface area contributed by atoms with Crippen LogP contribution in [0, 0.1) is 6.92 Å². The number of hydrogen-bond acceptors (Lipinski definition) is 0. The van der Waals surface area contributed by atoms with Crippen LogP contribution in [-0.4, -0.2) is 0 Å². The Morgan fingerprint density at radius 2 is 1.24 bits per heavy atom. The molecule has 0 aromatic heterocycles. The summed E-state index contributed by atoms with van der Waals surface area (Å²) in [5.74, 6) is 1.77. The van der Waals surface area contributed by atoms with Crippen LogP contribution < -0.4 is 0 Å². The lowest BCUT2D eigenvalue weighted by Gasteiger charge is -2.22. The summed E-state index contributed by atoms with van der Waals surface area (Å²) >= 11 is 0. The highest BCUT2D eigenvalue weighted by Gasteiger charge is 2.15. The van der Waals surface area contributed by atoms with Crippen molar-refractivity contribution in [2.45, 2.75) is 65.7 Å². The second-order valence-electron chi connectivity index (χ2n) is 5.89. The van der Waals surface area contributed by atoms with Gasteiger partial charge in [-0.15, -0.1) is 0 Å². The molecule has 0 aliphatic heterocycles. The minimum Gasteiger partial charge on any atom is -0.0587 e. The number of hydrogen-bond donors (Lipinski definition) is 0. The Balaban J connectivity index is 3.46. The summed E-state index contributed by atoms with van der Waals surface area (Å²) in [4.78, 5) is 0. The third-order valence-corrected chi connectivity index (χ3v) is 3.50. The van der Waals surface area contributed by atoms with Gasteiger partial charge in [0.05, 0.1) is 0 Å². The van der Waals surface area contributed by atoms with Crippen LogP contribution in [0.5, 0.6) is 0 Å². The summed E-state index contributed by atoms with van der Waals surface area (Å²) in [7, 11) is 0. The van der Waals surface area contributed by atoms with E-state index in [2.05, 4.69) is 60.6 Å². The highest BCUT2D eigenvalue weighted by Crippen LogP contribution is 2.32. The molecule has 0 heteroatoms. The first-order valence-electron chi connectivity index (χ1n) is 6.84. The summed E-state index contributed by atoms with van der Waals surface area (Å²) < 4.78 is 0. The van der Waals surface area contributed by atoms with Crippen LogP contribution in [0.4, 0.5) is 0 Å². The molecule has 0 aliphatic rings. The van der Waals surface area contributed by atoms with Crippen molar-refractivity contribution < 1.29 is 0 Å². The van der Waals surface area contributed by atoms with Gasteiger partial charge >= 0.3 is 0 Å². The molecule has 0 spiro atoms. The Kier molecular flexibility index (Phi) is 4.80. The van der Waals surface area contributed by atoms with Gasteiger partial charge in [-0.2, -0.15) is 0 Å². The Bertz CT molecular complexity index is 341. The second kappa shape index (κ2) is 5.71. The van der Waals surface area contributed by atoms with E-state index in [1.54, 1.807) is 0 Å². The van der Waals surface area contributed by atoms with Gasteiger partial charge in [-0.25, -0.2) is 0 Å². The largest absolute Gasteiger partial charge is 0.0587 e. The van der Waals surface area contributed by atoms with Crippen LogP contribution >= 0.6 is 0 Å². The molecule has 17 heavy (non-hydrogen) atoms. The van der Waals surface area contributed by atoms with Crippen molar-refractivity contribution in [1.82, 2.24) is 0 Å². The third-order valence-electron chi connectivity index (χ3n) is 3.50. The third kappa shape index (κ3) is 3.12. The standard InChI is InChI=1S/C17H27/c1-8-15-16(12(4)5)9-14(11(2)3)10-17(15)13(6)7/h9-13H,1,8H2,2-7H3. The zero-order valence-electron chi connectivity index (χ0n) is 12.3. The zero-order valence-corrected chi connectivity index (χ0v) is 12.3. The predicted molar refractivity (Wildman–Crippen MR) is 77.8 cm³/mol. The maximum absolute atomic E-state index is 4.12. The topological polar surface area (TPSA) is 0 Å². The van der Waals surface area contributed by atoms with Gasteiger partial charge in [0.1, 0.15) is 0 Å². The van der Waals surface area contributed by atoms with Crippen molar-refractivity contribution in [1.29, 1.82) is 0 Å². The Morgan fingerprint density at radius 1 is 0.824 bits per heavy atom.